The number of nitrogens with zero attached hydrogens (tertiary/aromatic N) is 3. The monoisotopic (exact) mass is 484 g/mol. The van der Waals surface area contributed by atoms with E-state index in [1.165, 1.54) is 28.1 Å². The van der Waals surface area contributed by atoms with Gasteiger partial charge in [-0.25, -0.2) is 4.98 Å². The topological polar surface area (TPSA) is 67.2 Å². The Morgan fingerprint density at radius 2 is 1.86 bits per heavy atom. The van der Waals surface area contributed by atoms with Gasteiger partial charge in [0.05, 0.1) is 11.7 Å². The van der Waals surface area contributed by atoms with Crippen molar-refractivity contribution in [3.8, 4) is 0 Å². The van der Waals surface area contributed by atoms with Crippen molar-refractivity contribution < 1.29 is 4.79 Å². The van der Waals surface area contributed by atoms with E-state index < -0.39 is 0 Å². The number of hydrogen-bond acceptors (Lipinski definition) is 5. The molecule has 0 fully saturated rings. The van der Waals surface area contributed by atoms with Crippen LogP contribution in [0.5, 0.6) is 0 Å². The maximum Gasteiger partial charge on any atom is 0.262 e. The van der Waals surface area contributed by atoms with E-state index in [1.807, 2.05) is 18.2 Å². The second kappa shape index (κ2) is 9.30. The van der Waals surface area contributed by atoms with Crippen LogP contribution in [0.4, 0.5) is 11.4 Å². The van der Waals surface area contributed by atoms with Crippen LogP contribution in [0.15, 0.2) is 59.7 Å². The van der Waals surface area contributed by atoms with E-state index in [0.717, 1.165) is 60.2 Å². The van der Waals surface area contributed by atoms with Gasteiger partial charge >= 0.3 is 0 Å². The van der Waals surface area contributed by atoms with Crippen LogP contribution in [-0.4, -0.2) is 22.0 Å². The lowest BCUT2D eigenvalue weighted by Crippen LogP contribution is -2.25. The zero-order chi connectivity index (χ0) is 23.8. The summed E-state index contributed by atoms with van der Waals surface area (Å²) in [6, 6.07) is 16.5. The minimum Gasteiger partial charge on any atom is -0.367 e. The number of para-hydroxylation sites is 2. The fourth-order valence-corrected chi connectivity index (χ4v) is 6.55. The summed E-state index contributed by atoms with van der Waals surface area (Å²) in [5.74, 6) is -0.0985. The Labute approximate surface area is 208 Å². The van der Waals surface area contributed by atoms with E-state index in [-0.39, 0.29) is 17.9 Å². The number of thiophene rings is 1. The summed E-state index contributed by atoms with van der Waals surface area (Å²) in [6.07, 6.45) is 7.16. The summed E-state index contributed by atoms with van der Waals surface area (Å²) in [5.41, 5.74) is 5.72. The average Bonchev–Trinajstić information content (AvgIpc) is 3.46. The van der Waals surface area contributed by atoms with E-state index in [9.17, 15) is 9.59 Å². The van der Waals surface area contributed by atoms with Gasteiger partial charge in [-0.1, -0.05) is 36.4 Å². The van der Waals surface area contributed by atoms with Crippen LogP contribution in [-0.2, 0) is 37.1 Å². The second-order valence-corrected chi connectivity index (χ2v) is 10.5. The van der Waals surface area contributed by atoms with Crippen LogP contribution >= 0.6 is 11.3 Å². The molecule has 0 saturated heterocycles. The molecule has 1 N–H and O–H groups in total. The number of hydrogen-bond donors (Lipinski definition) is 1. The molecule has 4 aromatic rings. The summed E-state index contributed by atoms with van der Waals surface area (Å²) in [4.78, 5) is 35.1. The molecule has 2 aliphatic rings. The van der Waals surface area contributed by atoms with Crippen molar-refractivity contribution in [3.63, 3.8) is 0 Å². The number of carbonyl (C=O) groups is 1. The van der Waals surface area contributed by atoms with Gasteiger partial charge in [-0.15, -0.1) is 11.3 Å². The number of fused-ring (bicyclic) bond motifs is 4. The fourth-order valence-electron chi connectivity index (χ4n) is 5.33. The molecule has 0 bridgehead atoms. The first-order valence-corrected chi connectivity index (χ1v) is 13.2. The van der Waals surface area contributed by atoms with E-state index in [0.29, 0.717) is 6.54 Å². The van der Waals surface area contributed by atoms with Gasteiger partial charge in [-0.05, 0) is 60.9 Å². The molecule has 2 aromatic heterocycles. The predicted molar refractivity (Wildman–Crippen MR) is 141 cm³/mol. The van der Waals surface area contributed by atoms with Gasteiger partial charge in [0.1, 0.15) is 4.83 Å². The lowest BCUT2D eigenvalue weighted by molar-refractivity contribution is -0.116. The van der Waals surface area contributed by atoms with Crippen molar-refractivity contribution in [3.05, 3.63) is 86.8 Å². The first-order valence-electron chi connectivity index (χ1n) is 12.4. The quantitative estimate of drug-likeness (QED) is 0.422. The molecule has 0 atom stereocenters. The summed E-state index contributed by atoms with van der Waals surface area (Å²) in [5, 5.41) is 3.85. The number of aryl methyl sites for hydroxylation is 3. The molecule has 35 heavy (non-hydrogen) atoms. The molecular formula is C28H28N4O2S. The largest absolute Gasteiger partial charge is 0.367 e. The van der Waals surface area contributed by atoms with Gasteiger partial charge in [0.25, 0.3) is 5.56 Å². The summed E-state index contributed by atoms with van der Waals surface area (Å²) in [7, 11) is 0. The number of rotatable bonds is 6. The first-order chi connectivity index (χ1) is 17.2. The molecule has 0 saturated carbocycles. The van der Waals surface area contributed by atoms with Gasteiger partial charge in [0, 0.05) is 42.3 Å². The maximum atomic E-state index is 13.2. The van der Waals surface area contributed by atoms with E-state index in [2.05, 4.69) is 45.5 Å². The molecular weight excluding hydrogens is 456 g/mol. The maximum absolute atomic E-state index is 13.2. The third-order valence-electron chi connectivity index (χ3n) is 7.16. The number of carbonyl (C=O) groups excluding carboxylic acids is 1. The van der Waals surface area contributed by atoms with Gasteiger partial charge in [-0.3, -0.25) is 14.2 Å². The number of benzene rings is 2. The fraction of sp³-hybridized carbons (Fsp3) is 0.321. The molecule has 0 unspecified atom stereocenters. The first kappa shape index (κ1) is 22.0. The smallest absolute Gasteiger partial charge is 0.262 e. The van der Waals surface area contributed by atoms with E-state index >= 15 is 0 Å². The number of amides is 1. The molecule has 178 valence electrons. The predicted octanol–water partition coefficient (Wildman–Crippen LogP) is 4.93. The molecule has 7 heteroatoms. The Morgan fingerprint density at radius 3 is 2.80 bits per heavy atom. The van der Waals surface area contributed by atoms with E-state index in [4.69, 9.17) is 0 Å². The highest BCUT2D eigenvalue weighted by Gasteiger charge is 2.21. The third-order valence-corrected chi connectivity index (χ3v) is 8.36. The van der Waals surface area contributed by atoms with Crippen LogP contribution in [0.3, 0.4) is 0 Å². The molecule has 2 aromatic carbocycles. The van der Waals surface area contributed by atoms with Crippen LogP contribution in [0.1, 0.15) is 40.8 Å². The lowest BCUT2D eigenvalue weighted by Gasteiger charge is -2.21. The number of anilines is 2. The highest BCUT2D eigenvalue weighted by Crippen LogP contribution is 2.33. The van der Waals surface area contributed by atoms with E-state index in [1.54, 1.807) is 22.2 Å². The highest BCUT2D eigenvalue weighted by molar-refractivity contribution is 7.18. The molecule has 3 heterocycles. The molecule has 0 spiro atoms. The second-order valence-electron chi connectivity index (χ2n) is 9.39. The zero-order valence-corrected chi connectivity index (χ0v) is 20.4. The third kappa shape index (κ3) is 4.25. The van der Waals surface area contributed by atoms with Crippen LogP contribution in [0.2, 0.25) is 0 Å². The van der Waals surface area contributed by atoms with Crippen molar-refractivity contribution in [1.29, 1.82) is 0 Å². The highest BCUT2D eigenvalue weighted by atomic mass is 32.1. The molecule has 6 nitrogen and oxygen atoms in total. The minimum absolute atomic E-state index is 0.0182. The normalized spacial score (nSPS) is 14.7. The standard InChI is InChI=1S/C28H28N4O2S/c33-25(14-16-32-18-29-27-26(28(32)34)21-9-3-6-12-24(21)35-27)30-22-10-4-1-8-20(22)17-31-15-13-19-7-2-5-11-23(19)31/h1-2,4-5,7-8,10-11,18H,3,6,9,12-17H2,(H,30,33). The van der Waals surface area contributed by atoms with Gasteiger partial charge < -0.3 is 10.2 Å². The van der Waals surface area contributed by atoms with Crippen molar-refractivity contribution in [2.45, 2.75) is 51.6 Å². The molecule has 1 amide bonds. The van der Waals surface area contributed by atoms with Crippen molar-refractivity contribution >= 4 is 38.8 Å². The van der Waals surface area contributed by atoms with Crippen LogP contribution in [0.25, 0.3) is 10.2 Å². The Hall–Kier alpha value is -3.45. The Balaban J connectivity index is 1.15. The van der Waals surface area contributed by atoms with Crippen molar-refractivity contribution in [2.75, 3.05) is 16.8 Å². The van der Waals surface area contributed by atoms with Gasteiger partial charge in [-0.2, -0.15) is 0 Å². The Kier molecular flexibility index (Phi) is 5.86. The van der Waals surface area contributed by atoms with Crippen LogP contribution < -0.4 is 15.8 Å². The van der Waals surface area contributed by atoms with Gasteiger partial charge in [0.2, 0.25) is 5.91 Å². The van der Waals surface area contributed by atoms with Crippen molar-refractivity contribution in [2.24, 2.45) is 0 Å². The SMILES string of the molecule is O=C(CCn1cnc2sc3c(c2c1=O)CCCC3)Nc1ccccc1CN1CCc2ccccc21. The number of aromatic nitrogens is 2. The average molecular weight is 485 g/mol. The lowest BCUT2D eigenvalue weighted by atomic mass is 9.97. The van der Waals surface area contributed by atoms with Gasteiger partial charge in [0.15, 0.2) is 0 Å². The Bertz CT molecular complexity index is 1470. The number of nitrogens with one attached hydrogen (secondary N) is 1. The molecule has 1 aliphatic heterocycles. The molecule has 6 rings (SSSR count). The zero-order valence-electron chi connectivity index (χ0n) is 19.6. The molecule has 1 aliphatic carbocycles. The minimum atomic E-state index is -0.0985. The molecule has 0 radical (unpaired) electrons. The van der Waals surface area contributed by atoms with Crippen molar-refractivity contribution in [1.82, 2.24) is 9.55 Å². The summed E-state index contributed by atoms with van der Waals surface area (Å²) < 4.78 is 1.59. The Morgan fingerprint density at radius 1 is 1.03 bits per heavy atom. The van der Waals surface area contributed by atoms with Crippen LogP contribution in [0, 0.1) is 0 Å². The summed E-state index contributed by atoms with van der Waals surface area (Å²) in [6.45, 7) is 2.04. The summed E-state index contributed by atoms with van der Waals surface area (Å²) >= 11 is 1.65.